The van der Waals surface area contributed by atoms with Gasteiger partial charge in [0.1, 0.15) is 12.3 Å². The van der Waals surface area contributed by atoms with Crippen LogP contribution in [0.2, 0.25) is 0 Å². The van der Waals surface area contributed by atoms with E-state index >= 15 is 0 Å². The molecule has 152 valence electrons. The molecule has 2 aromatic carbocycles. The average molecular weight is 405 g/mol. The lowest BCUT2D eigenvalue weighted by Gasteiger charge is -2.25. The molecule has 0 aliphatic rings. The first kappa shape index (κ1) is 21.8. The van der Waals surface area contributed by atoms with E-state index in [1.807, 2.05) is 24.3 Å². The number of carbonyl (C=O) groups excluding carboxylic acids is 1. The highest BCUT2D eigenvalue weighted by molar-refractivity contribution is 7.92. The van der Waals surface area contributed by atoms with Crippen LogP contribution in [0.25, 0.3) is 0 Å². The Morgan fingerprint density at radius 3 is 2.18 bits per heavy atom. The number of carbonyl (C=O) groups is 1. The monoisotopic (exact) mass is 404 g/mol. The van der Waals surface area contributed by atoms with Crippen molar-refractivity contribution in [1.82, 2.24) is 5.32 Å². The minimum absolute atomic E-state index is 0.212. The van der Waals surface area contributed by atoms with Crippen LogP contribution >= 0.6 is 0 Å². The van der Waals surface area contributed by atoms with Crippen LogP contribution in [0.4, 0.5) is 5.69 Å². The van der Waals surface area contributed by atoms with Crippen LogP contribution in [0, 0.1) is 5.92 Å². The summed E-state index contributed by atoms with van der Waals surface area (Å²) in [6.45, 7) is 3.89. The molecule has 6 nitrogen and oxygen atoms in total. The molecule has 1 amide bonds. The van der Waals surface area contributed by atoms with Crippen LogP contribution in [-0.2, 0) is 14.8 Å². The molecular weight excluding hydrogens is 376 g/mol. The van der Waals surface area contributed by atoms with Gasteiger partial charge >= 0.3 is 0 Å². The van der Waals surface area contributed by atoms with Crippen LogP contribution < -0.4 is 14.4 Å². The van der Waals surface area contributed by atoms with E-state index in [-0.39, 0.29) is 18.5 Å². The van der Waals surface area contributed by atoms with Crippen molar-refractivity contribution in [2.45, 2.75) is 26.3 Å². The number of rotatable bonds is 9. The number of benzene rings is 2. The third kappa shape index (κ3) is 6.27. The van der Waals surface area contributed by atoms with Gasteiger partial charge in [-0.05, 0) is 42.2 Å². The Balaban J connectivity index is 2.19. The Morgan fingerprint density at radius 2 is 1.68 bits per heavy atom. The summed E-state index contributed by atoms with van der Waals surface area (Å²) in [4.78, 5) is 12.7. The number of nitrogens with one attached hydrogen (secondary N) is 1. The van der Waals surface area contributed by atoms with Crippen LogP contribution in [0.1, 0.15) is 31.9 Å². The molecule has 0 aliphatic heterocycles. The van der Waals surface area contributed by atoms with Crippen LogP contribution in [0.15, 0.2) is 54.6 Å². The number of methoxy groups -OCH3 is 1. The zero-order valence-corrected chi connectivity index (χ0v) is 17.6. The van der Waals surface area contributed by atoms with Gasteiger partial charge in [-0.2, -0.15) is 0 Å². The largest absolute Gasteiger partial charge is 0.497 e. The first-order chi connectivity index (χ1) is 13.2. The molecular formula is C21H28N2O4S. The molecule has 0 saturated carbocycles. The van der Waals surface area contributed by atoms with E-state index in [1.54, 1.807) is 37.4 Å². The van der Waals surface area contributed by atoms with E-state index in [9.17, 15) is 13.2 Å². The fraction of sp³-hybridized carbons (Fsp3) is 0.381. The molecule has 0 fully saturated rings. The molecule has 0 unspecified atom stereocenters. The summed E-state index contributed by atoms with van der Waals surface area (Å²) in [5.74, 6) is 0.744. The molecule has 0 saturated heterocycles. The zero-order chi connectivity index (χ0) is 20.7. The minimum Gasteiger partial charge on any atom is -0.497 e. The molecule has 2 rings (SSSR count). The zero-order valence-electron chi connectivity index (χ0n) is 16.8. The molecule has 0 heterocycles. The predicted molar refractivity (Wildman–Crippen MR) is 112 cm³/mol. The summed E-state index contributed by atoms with van der Waals surface area (Å²) in [6, 6.07) is 15.9. The number of nitrogens with zero attached hydrogens (tertiary/aromatic N) is 1. The first-order valence-corrected chi connectivity index (χ1v) is 11.0. The molecule has 0 radical (unpaired) electrons. The summed E-state index contributed by atoms with van der Waals surface area (Å²) in [5, 5.41) is 2.99. The Hall–Kier alpha value is -2.54. The predicted octanol–water partition coefficient (Wildman–Crippen LogP) is 3.36. The number of amides is 1. The van der Waals surface area contributed by atoms with Crippen LogP contribution in [0.5, 0.6) is 5.75 Å². The highest BCUT2D eigenvalue weighted by atomic mass is 32.2. The minimum atomic E-state index is -3.59. The van der Waals surface area contributed by atoms with Gasteiger partial charge in [-0.3, -0.25) is 9.10 Å². The van der Waals surface area contributed by atoms with E-state index in [0.29, 0.717) is 11.6 Å². The number of hydrogen-bond acceptors (Lipinski definition) is 4. The van der Waals surface area contributed by atoms with E-state index in [2.05, 4.69) is 19.2 Å². The van der Waals surface area contributed by atoms with Gasteiger partial charge in [0, 0.05) is 0 Å². The van der Waals surface area contributed by atoms with Crippen molar-refractivity contribution in [2.24, 2.45) is 5.92 Å². The van der Waals surface area contributed by atoms with Gasteiger partial charge in [-0.25, -0.2) is 8.42 Å². The van der Waals surface area contributed by atoms with E-state index in [1.165, 1.54) is 0 Å². The number of para-hydroxylation sites is 1. The lowest BCUT2D eigenvalue weighted by atomic mass is 9.97. The summed E-state index contributed by atoms with van der Waals surface area (Å²) in [6.07, 6.45) is 1.84. The van der Waals surface area contributed by atoms with Crippen molar-refractivity contribution in [3.05, 3.63) is 60.2 Å². The molecule has 0 aromatic heterocycles. The Labute approximate surface area is 167 Å². The van der Waals surface area contributed by atoms with Crippen molar-refractivity contribution in [3.63, 3.8) is 0 Å². The summed E-state index contributed by atoms with van der Waals surface area (Å²) >= 11 is 0. The van der Waals surface area contributed by atoms with E-state index in [4.69, 9.17) is 4.74 Å². The van der Waals surface area contributed by atoms with Gasteiger partial charge in [0.05, 0.1) is 25.1 Å². The van der Waals surface area contributed by atoms with E-state index < -0.39 is 10.0 Å². The molecule has 0 aliphatic carbocycles. The van der Waals surface area contributed by atoms with Crippen molar-refractivity contribution < 1.29 is 17.9 Å². The third-order valence-electron chi connectivity index (χ3n) is 4.29. The first-order valence-electron chi connectivity index (χ1n) is 9.16. The Morgan fingerprint density at radius 1 is 1.07 bits per heavy atom. The molecule has 1 atom stereocenters. The molecule has 28 heavy (non-hydrogen) atoms. The fourth-order valence-corrected chi connectivity index (χ4v) is 3.81. The molecule has 2 aromatic rings. The van der Waals surface area contributed by atoms with Gasteiger partial charge < -0.3 is 10.1 Å². The summed E-state index contributed by atoms with van der Waals surface area (Å²) in [7, 11) is -1.99. The van der Waals surface area contributed by atoms with E-state index in [0.717, 1.165) is 28.3 Å². The smallest absolute Gasteiger partial charge is 0.241 e. The maximum Gasteiger partial charge on any atom is 0.241 e. The molecule has 0 bridgehead atoms. The lowest BCUT2D eigenvalue weighted by Crippen LogP contribution is -2.41. The second kappa shape index (κ2) is 9.59. The second-order valence-electron chi connectivity index (χ2n) is 7.13. The van der Waals surface area contributed by atoms with Gasteiger partial charge in [-0.15, -0.1) is 0 Å². The Bertz CT molecular complexity index is 865. The molecule has 7 heteroatoms. The normalized spacial score (nSPS) is 12.5. The van der Waals surface area contributed by atoms with Crippen molar-refractivity contribution in [1.29, 1.82) is 0 Å². The fourth-order valence-electron chi connectivity index (χ4n) is 2.95. The van der Waals surface area contributed by atoms with Crippen molar-refractivity contribution in [3.8, 4) is 5.75 Å². The highest BCUT2D eigenvalue weighted by Crippen LogP contribution is 2.24. The number of sulfonamides is 1. The maximum absolute atomic E-state index is 12.7. The van der Waals surface area contributed by atoms with Crippen LogP contribution in [0.3, 0.4) is 0 Å². The number of hydrogen-bond donors (Lipinski definition) is 1. The van der Waals surface area contributed by atoms with Gasteiger partial charge in [0.2, 0.25) is 15.9 Å². The third-order valence-corrected chi connectivity index (χ3v) is 5.43. The lowest BCUT2D eigenvalue weighted by molar-refractivity contribution is -0.120. The van der Waals surface area contributed by atoms with Crippen molar-refractivity contribution in [2.75, 3.05) is 24.2 Å². The van der Waals surface area contributed by atoms with Gasteiger partial charge in [0.15, 0.2) is 0 Å². The SMILES string of the molecule is COc1ccc([C@H](CC(C)C)NC(=O)CN(c2ccccc2)S(C)(=O)=O)cc1. The Kier molecular flexibility index (Phi) is 7.45. The van der Waals surface area contributed by atoms with Gasteiger partial charge in [0.25, 0.3) is 0 Å². The summed E-state index contributed by atoms with van der Waals surface area (Å²) < 4.78 is 30.7. The standard InChI is InChI=1S/C21H28N2O4S/c1-16(2)14-20(17-10-12-19(27-3)13-11-17)22-21(24)15-23(28(4,25)26)18-8-6-5-7-9-18/h5-13,16,20H,14-15H2,1-4H3,(H,22,24)/t20-/m0/s1. The maximum atomic E-state index is 12.7. The number of anilines is 1. The topological polar surface area (TPSA) is 75.7 Å². The van der Waals surface area contributed by atoms with Gasteiger partial charge in [-0.1, -0.05) is 44.2 Å². The summed E-state index contributed by atoms with van der Waals surface area (Å²) in [5.41, 5.74) is 1.42. The highest BCUT2D eigenvalue weighted by Gasteiger charge is 2.23. The average Bonchev–Trinajstić information content (AvgIpc) is 2.65. The number of ether oxygens (including phenoxy) is 1. The van der Waals surface area contributed by atoms with Crippen LogP contribution in [-0.4, -0.2) is 34.2 Å². The molecule has 1 N–H and O–H groups in total. The quantitative estimate of drug-likeness (QED) is 0.695. The molecule has 0 spiro atoms. The second-order valence-corrected chi connectivity index (χ2v) is 9.03. The van der Waals surface area contributed by atoms with Crippen molar-refractivity contribution >= 4 is 21.6 Å².